The van der Waals surface area contributed by atoms with Gasteiger partial charge in [-0.3, -0.25) is 4.79 Å². The van der Waals surface area contributed by atoms with Crippen LogP contribution in [-0.4, -0.2) is 28.3 Å². The Kier molecular flexibility index (Phi) is 3.94. The van der Waals surface area contributed by atoms with Crippen molar-refractivity contribution in [1.82, 2.24) is 9.97 Å². The number of H-pyrrole nitrogens is 1. The van der Waals surface area contributed by atoms with E-state index in [1.165, 1.54) is 0 Å². The zero-order chi connectivity index (χ0) is 14.8. The summed E-state index contributed by atoms with van der Waals surface area (Å²) in [6, 6.07) is 6.86. The average molecular weight is 307 g/mol. The van der Waals surface area contributed by atoms with Gasteiger partial charge in [0.05, 0.1) is 0 Å². The van der Waals surface area contributed by atoms with Gasteiger partial charge in [-0.05, 0) is 18.4 Å². The number of aromatic nitrogens is 2. The molecule has 2 N–H and O–H groups in total. The topological polar surface area (TPSA) is 75.2 Å². The first kappa shape index (κ1) is 14.1. The standard InChI is InChI=1S/C15H15ClN2O3/c16-11-4-2-1-3-10(11)13-14(19)17-12(18-15(13)20)7-9-5-6-21-8-9/h1-4,9H,5-8H2,(H2,17,18,19,20). The van der Waals surface area contributed by atoms with E-state index < -0.39 is 0 Å². The molecule has 6 heteroatoms. The fraction of sp³-hybridized carbons (Fsp3) is 0.333. The van der Waals surface area contributed by atoms with Gasteiger partial charge in [0.25, 0.3) is 5.56 Å². The fourth-order valence-corrected chi connectivity index (χ4v) is 2.76. The molecule has 1 aromatic carbocycles. The van der Waals surface area contributed by atoms with Crippen molar-refractivity contribution in [2.75, 3.05) is 13.2 Å². The summed E-state index contributed by atoms with van der Waals surface area (Å²) in [5.74, 6) is 0.517. The van der Waals surface area contributed by atoms with E-state index in [0.717, 1.165) is 13.0 Å². The summed E-state index contributed by atoms with van der Waals surface area (Å²) in [5, 5.41) is 10.5. The Bertz CT molecular complexity index is 708. The van der Waals surface area contributed by atoms with Crippen LogP contribution in [0.3, 0.4) is 0 Å². The molecule has 1 unspecified atom stereocenters. The van der Waals surface area contributed by atoms with Crippen LogP contribution in [0, 0.1) is 5.92 Å². The van der Waals surface area contributed by atoms with Gasteiger partial charge in [0.15, 0.2) is 0 Å². The van der Waals surface area contributed by atoms with E-state index in [2.05, 4.69) is 9.97 Å². The highest BCUT2D eigenvalue weighted by Gasteiger charge is 2.20. The zero-order valence-corrected chi connectivity index (χ0v) is 12.1. The van der Waals surface area contributed by atoms with E-state index in [0.29, 0.717) is 35.4 Å². The number of rotatable bonds is 3. The molecule has 1 aliphatic rings. The highest BCUT2D eigenvalue weighted by molar-refractivity contribution is 6.33. The van der Waals surface area contributed by atoms with Crippen molar-refractivity contribution in [3.05, 3.63) is 45.5 Å². The largest absolute Gasteiger partial charge is 0.493 e. The summed E-state index contributed by atoms with van der Waals surface area (Å²) in [5.41, 5.74) is 0.192. The third kappa shape index (κ3) is 2.94. The molecule has 0 bridgehead atoms. The summed E-state index contributed by atoms with van der Waals surface area (Å²) in [6.45, 7) is 1.40. The van der Waals surface area contributed by atoms with E-state index in [9.17, 15) is 9.90 Å². The molecular formula is C15H15ClN2O3. The number of aromatic amines is 1. The molecule has 1 saturated heterocycles. The molecule has 3 rings (SSSR count). The van der Waals surface area contributed by atoms with Crippen LogP contribution in [0.4, 0.5) is 0 Å². The lowest BCUT2D eigenvalue weighted by atomic mass is 10.0. The Labute approximate surface area is 126 Å². The van der Waals surface area contributed by atoms with E-state index in [1.54, 1.807) is 24.3 Å². The summed E-state index contributed by atoms with van der Waals surface area (Å²) >= 11 is 6.07. The van der Waals surface area contributed by atoms with Gasteiger partial charge in [0.1, 0.15) is 11.4 Å². The van der Waals surface area contributed by atoms with Crippen LogP contribution in [0.2, 0.25) is 5.02 Å². The number of nitrogens with one attached hydrogen (secondary N) is 1. The van der Waals surface area contributed by atoms with Crippen molar-refractivity contribution in [3.8, 4) is 17.0 Å². The number of hydrogen-bond acceptors (Lipinski definition) is 4. The molecule has 0 aliphatic carbocycles. The molecule has 2 aromatic rings. The predicted octanol–water partition coefficient (Wildman–Crippen LogP) is 2.37. The first-order chi connectivity index (χ1) is 10.1. The van der Waals surface area contributed by atoms with E-state index >= 15 is 0 Å². The highest BCUT2D eigenvalue weighted by Crippen LogP contribution is 2.30. The van der Waals surface area contributed by atoms with Gasteiger partial charge in [-0.15, -0.1) is 0 Å². The normalized spacial score (nSPS) is 18.0. The summed E-state index contributed by atoms with van der Waals surface area (Å²) < 4.78 is 5.30. The molecule has 0 radical (unpaired) electrons. The molecule has 1 aliphatic heterocycles. The summed E-state index contributed by atoms with van der Waals surface area (Å²) in [6.07, 6.45) is 1.53. The molecule has 0 saturated carbocycles. The molecule has 1 fully saturated rings. The first-order valence-corrected chi connectivity index (χ1v) is 7.17. The van der Waals surface area contributed by atoms with E-state index in [1.807, 2.05) is 0 Å². The molecule has 1 aromatic heterocycles. The maximum atomic E-state index is 12.2. The number of halogens is 1. The number of ether oxygens (including phenoxy) is 1. The summed E-state index contributed by atoms with van der Waals surface area (Å²) in [7, 11) is 0. The number of benzene rings is 1. The average Bonchev–Trinajstić information content (AvgIpc) is 2.93. The van der Waals surface area contributed by atoms with Gasteiger partial charge < -0.3 is 14.8 Å². The van der Waals surface area contributed by atoms with Crippen molar-refractivity contribution in [1.29, 1.82) is 0 Å². The van der Waals surface area contributed by atoms with Crippen molar-refractivity contribution in [2.45, 2.75) is 12.8 Å². The van der Waals surface area contributed by atoms with Crippen molar-refractivity contribution in [3.63, 3.8) is 0 Å². The number of hydrogen-bond donors (Lipinski definition) is 2. The van der Waals surface area contributed by atoms with E-state index in [-0.39, 0.29) is 17.0 Å². The maximum Gasteiger partial charge on any atom is 0.262 e. The van der Waals surface area contributed by atoms with Crippen molar-refractivity contribution >= 4 is 11.6 Å². The SMILES string of the molecule is O=c1[nH]c(CC2CCOC2)nc(O)c1-c1ccccc1Cl. The van der Waals surface area contributed by atoms with Crippen LogP contribution >= 0.6 is 11.6 Å². The van der Waals surface area contributed by atoms with Gasteiger partial charge in [-0.25, -0.2) is 0 Å². The Morgan fingerprint density at radius 1 is 1.43 bits per heavy atom. The van der Waals surface area contributed by atoms with Crippen LogP contribution < -0.4 is 5.56 Å². The first-order valence-electron chi connectivity index (χ1n) is 6.80. The Morgan fingerprint density at radius 3 is 2.90 bits per heavy atom. The quantitative estimate of drug-likeness (QED) is 0.913. The lowest BCUT2D eigenvalue weighted by molar-refractivity contribution is 0.185. The maximum absolute atomic E-state index is 12.2. The smallest absolute Gasteiger partial charge is 0.262 e. The molecule has 1 atom stereocenters. The zero-order valence-electron chi connectivity index (χ0n) is 11.3. The van der Waals surface area contributed by atoms with Gasteiger partial charge in [0.2, 0.25) is 5.88 Å². The Balaban J connectivity index is 1.97. The van der Waals surface area contributed by atoms with Crippen LogP contribution in [-0.2, 0) is 11.2 Å². The minimum Gasteiger partial charge on any atom is -0.493 e. The third-order valence-electron chi connectivity index (χ3n) is 3.60. The fourth-order valence-electron chi connectivity index (χ4n) is 2.53. The lowest BCUT2D eigenvalue weighted by Crippen LogP contribution is -2.17. The lowest BCUT2D eigenvalue weighted by Gasteiger charge is -2.09. The minimum atomic E-state index is -0.385. The van der Waals surface area contributed by atoms with Gasteiger partial charge in [-0.1, -0.05) is 29.8 Å². The predicted molar refractivity (Wildman–Crippen MR) is 79.6 cm³/mol. The monoisotopic (exact) mass is 306 g/mol. The second kappa shape index (κ2) is 5.87. The van der Waals surface area contributed by atoms with Crippen LogP contribution in [0.15, 0.2) is 29.1 Å². The minimum absolute atomic E-state index is 0.104. The third-order valence-corrected chi connectivity index (χ3v) is 3.93. The van der Waals surface area contributed by atoms with Crippen LogP contribution in [0.5, 0.6) is 5.88 Å². The van der Waals surface area contributed by atoms with Gasteiger partial charge >= 0.3 is 0 Å². The van der Waals surface area contributed by atoms with Gasteiger partial charge in [-0.2, -0.15) is 4.98 Å². The Morgan fingerprint density at radius 2 is 2.24 bits per heavy atom. The summed E-state index contributed by atoms with van der Waals surface area (Å²) in [4.78, 5) is 19.1. The number of nitrogens with zero attached hydrogens (tertiary/aromatic N) is 1. The Hall–Kier alpha value is -1.85. The number of aromatic hydroxyl groups is 1. The molecule has 2 heterocycles. The highest BCUT2D eigenvalue weighted by atomic mass is 35.5. The van der Waals surface area contributed by atoms with Crippen LogP contribution in [0.25, 0.3) is 11.1 Å². The molecule has 0 amide bonds. The molecule has 21 heavy (non-hydrogen) atoms. The second-order valence-corrected chi connectivity index (χ2v) is 5.53. The van der Waals surface area contributed by atoms with Crippen molar-refractivity contribution < 1.29 is 9.84 Å². The van der Waals surface area contributed by atoms with Gasteiger partial charge in [0, 0.05) is 30.2 Å². The molecular weight excluding hydrogens is 292 g/mol. The second-order valence-electron chi connectivity index (χ2n) is 5.12. The van der Waals surface area contributed by atoms with Crippen molar-refractivity contribution in [2.24, 2.45) is 5.92 Å². The van der Waals surface area contributed by atoms with Crippen LogP contribution in [0.1, 0.15) is 12.2 Å². The molecule has 0 spiro atoms. The molecule has 5 nitrogen and oxygen atoms in total. The molecule has 110 valence electrons. The van der Waals surface area contributed by atoms with E-state index in [4.69, 9.17) is 16.3 Å².